The second-order valence-electron chi connectivity index (χ2n) is 4.95. The molecule has 0 unspecified atom stereocenters. The van der Waals surface area contributed by atoms with Crippen LogP contribution in [-0.2, 0) is 11.2 Å². The number of aromatic nitrogens is 1. The Balaban J connectivity index is 2.11. The highest BCUT2D eigenvalue weighted by Gasteiger charge is 2.17. The molecule has 0 aliphatic heterocycles. The van der Waals surface area contributed by atoms with Gasteiger partial charge in [0.25, 0.3) is 5.91 Å². The van der Waals surface area contributed by atoms with E-state index in [1.54, 1.807) is 12.1 Å². The first-order valence-corrected chi connectivity index (χ1v) is 6.60. The quantitative estimate of drug-likeness (QED) is 0.883. The maximum absolute atomic E-state index is 13.1. The highest BCUT2D eigenvalue weighted by molar-refractivity contribution is 6.42. The van der Waals surface area contributed by atoms with Crippen molar-refractivity contribution in [3.05, 3.63) is 59.4 Å². The van der Waals surface area contributed by atoms with Crippen LogP contribution in [0.5, 0.6) is 0 Å². The average molecular weight is 303 g/mol. The molecule has 0 spiro atoms. The van der Waals surface area contributed by atoms with Crippen molar-refractivity contribution in [2.24, 2.45) is 0 Å². The monoisotopic (exact) mass is 303 g/mol. The molecule has 6 heteroatoms. The third-order valence-corrected chi connectivity index (χ3v) is 3.15. The molecule has 2 rings (SSSR count). The van der Waals surface area contributed by atoms with Crippen LogP contribution in [0.15, 0.2) is 36.5 Å². The summed E-state index contributed by atoms with van der Waals surface area (Å²) in [6, 6.07) is 6.44. The van der Waals surface area contributed by atoms with Crippen molar-refractivity contribution >= 4 is 17.3 Å². The molecule has 0 fully saturated rings. The second kappa shape index (κ2) is 6.43. The van der Waals surface area contributed by atoms with Crippen LogP contribution >= 0.6 is 0 Å². The van der Waals surface area contributed by atoms with Crippen LogP contribution in [0.2, 0.25) is 0 Å². The van der Waals surface area contributed by atoms with Crippen LogP contribution in [0.3, 0.4) is 0 Å². The minimum absolute atomic E-state index is 0.142. The van der Waals surface area contributed by atoms with E-state index >= 15 is 0 Å². The summed E-state index contributed by atoms with van der Waals surface area (Å²) in [5.41, 5.74) is 1.35. The number of amides is 1. The van der Waals surface area contributed by atoms with Gasteiger partial charge in [-0.15, -0.1) is 0 Å². The molecule has 1 aromatic carbocycles. The number of hydrogen-bond acceptors (Lipinski definition) is 3. The molecule has 0 aliphatic rings. The van der Waals surface area contributed by atoms with Crippen molar-refractivity contribution in [2.75, 3.05) is 11.9 Å². The van der Waals surface area contributed by atoms with E-state index in [4.69, 9.17) is 5.41 Å². The van der Waals surface area contributed by atoms with Gasteiger partial charge in [0.05, 0.1) is 11.9 Å². The normalized spacial score (nSPS) is 10.4. The fourth-order valence-corrected chi connectivity index (χ4v) is 1.97. The van der Waals surface area contributed by atoms with Gasteiger partial charge in [0.1, 0.15) is 17.3 Å². The predicted octanol–water partition coefficient (Wildman–Crippen LogP) is 2.89. The third kappa shape index (κ3) is 3.72. The molecule has 1 aromatic heterocycles. The number of pyridine rings is 1. The van der Waals surface area contributed by atoms with Crippen molar-refractivity contribution < 1.29 is 13.6 Å². The molecule has 0 saturated carbocycles. The van der Waals surface area contributed by atoms with E-state index in [1.165, 1.54) is 18.1 Å². The van der Waals surface area contributed by atoms with Gasteiger partial charge in [-0.1, -0.05) is 0 Å². The second-order valence-corrected chi connectivity index (χ2v) is 4.95. The molecule has 2 aromatic rings. The standard InChI is InChI=1S/C16H15F2N3O/c1-10-3-4-14(9-20-10)21(2)16(22)15(19)7-11-5-12(17)8-13(18)6-11/h3-6,8-9,19H,7H2,1-2H3. The van der Waals surface area contributed by atoms with E-state index in [0.29, 0.717) is 5.69 Å². The molecule has 1 N–H and O–H groups in total. The Labute approximate surface area is 126 Å². The van der Waals surface area contributed by atoms with E-state index in [0.717, 1.165) is 23.9 Å². The molecule has 0 atom stereocenters. The van der Waals surface area contributed by atoms with Crippen LogP contribution in [0.1, 0.15) is 11.3 Å². The van der Waals surface area contributed by atoms with Crippen molar-refractivity contribution in [2.45, 2.75) is 13.3 Å². The van der Waals surface area contributed by atoms with Gasteiger partial charge in [0.15, 0.2) is 0 Å². The largest absolute Gasteiger partial charge is 0.309 e. The summed E-state index contributed by atoms with van der Waals surface area (Å²) in [4.78, 5) is 17.6. The molecular weight excluding hydrogens is 288 g/mol. The van der Waals surface area contributed by atoms with Crippen LogP contribution < -0.4 is 4.90 Å². The van der Waals surface area contributed by atoms with Crippen molar-refractivity contribution in [3.8, 4) is 0 Å². The fourth-order valence-electron chi connectivity index (χ4n) is 1.97. The Hall–Kier alpha value is -2.63. The molecule has 0 bridgehead atoms. The number of carbonyl (C=O) groups excluding carboxylic acids is 1. The summed E-state index contributed by atoms with van der Waals surface area (Å²) in [5.74, 6) is -2.01. The zero-order valence-electron chi connectivity index (χ0n) is 12.2. The summed E-state index contributed by atoms with van der Waals surface area (Å²) < 4.78 is 26.3. The van der Waals surface area contributed by atoms with Gasteiger partial charge < -0.3 is 4.90 Å². The SMILES string of the molecule is Cc1ccc(N(C)C(=O)C(=N)Cc2cc(F)cc(F)c2)cn1. The topological polar surface area (TPSA) is 57.1 Å². The van der Waals surface area contributed by atoms with Crippen molar-refractivity contribution in [1.82, 2.24) is 4.98 Å². The smallest absolute Gasteiger partial charge is 0.272 e. The van der Waals surface area contributed by atoms with E-state index in [1.807, 2.05) is 6.92 Å². The van der Waals surface area contributed by atoms with Gasteiger partial charge >= 0.3 is 0 Å². The van der Waals surface area contributed by atoms with Gasteiger partial charge in [-0.25, -0.2) is 8.78 Å². The van der Waals surface area contributed by atoms with Gasteiger partial charge in [-0.2, -0.15) is 0 Å². The molecule has 114 valence electrons. The van der Waals surface area contributed by atoms with Crippen molar-refractivity contribution in [3.63, 3.8) is 0 Å². The minimum Gasteiger partial charge on any atom is -0.309 e. The predicted molar refractivity (Wildman–Crippen MR) is 80.2 cm³/mol. The average Bonchev–Trinajstić information content (AvgIpc) is 2.45. The molecular formula is C16H15F2N3O. The summed E-state index contributed by atoms with van der Waals surface area (Å²) in [6.07, 6.45) is 1.39. The van der Waals surface area contributed by atoms with Crippen molar-refractivity contribution in [1.29, 1.82) is 5.41 Å². The summed E-state index contributed by atoms with van der Waals surface area (Å²) in [7, 11) is 1.52. The molecule has 22 heavy (non-hydrogen) atoms. The molecule has 4 nitrogen and oxygen atoms in total. The zero-order chi connectivity index (χ0) is 16.3. The molecule has 0 radical (unpaired) electrons. The third-order valence-electron chi connectivity index (χ3n) is 3.15. The van der Waals surface area contributed by atoms with E-state index in [2.05, 4.69) is 4.98 Å². The molecule has 0 aliphatic carbocycles. The van der Waals surface area contributed by atoms with Crippen LogP contribution in [0.25, 0.3) is 0 Å². The summed E-state index contributed by atoms with van der Waals surface area (Å²) in [6.45, 7) is 1.83. The Morgan fingerprint density at radius 3 is 2.41 bits per heavy atom. The molecule has 1 heterocycles. The van der Waals surface area contributed by atoms with Gasteiger partial charge in [-0.05, 0) is 36.8 Å². The number of hydrogen-bond donors (Lipinski definition) is 1. The van der Waals surface area contributed by atoms with E-state index in [-0.39, 0.29) is 17.7 Å². The maximum atomic E-state index is 13.1. The fraction of sp³-hybridized carbons (Fsp3) is 0.188. The summed E-state index contributed by atoms with van der Waals surface area (Å²) in [5, 5.41) is 7.84. The van der Waals surface area contributed by atoms with Crippen LogP contribution in [-0.4, -0.2) is 23.7 Å². The lowest BCUT2D eigenvalue weighted by molar-refractivity contribution is -0.112. The van der Waals surface area contributed by atoms with Crippen LogP contribution in [0, 0.1) is 24.0 Å². The number of anilines is 1. The number of nitrogens with one attached hydrogen (secondary N) is 1. The number of halogens is 2. The molecule has 1 amide bonds. The Morgan fingerprint density at radius 2 is 1.86 bits per heavy atom. The number of rotatable bonds is 4. The Bertz CT molecular complexity index is 694. The van der Waals surface area contributed by atoms with Gasteiger partial charge in [0.2, 0.25) is 0 Å². The molecule has 0 saturated heterocycles. The highest BCUT2D eigenvalue weighted by Crippen LogP contribution is 2.13. The summed E-state index contributed by atoms with van der Waals surface area (Å²) >= 11 is 0. The zero-order valence-corrected chi connectivity index (χ0v) is 12.2. The number of carbonyl (C=O) groups is 1. The lowest BCUT2D eigenvalue weighted by atomic mass is 10.1. The number of nitrogens with zero attached hydrogens (tertiary/aromatic N) is 2. The Kier molecular flexibility index (Phi) is 4.60. The van der Waals surface area contributed by atoms with Gasteiger partial charge in [0, 0.05) is 25.2 Å². The first-order valence-electron chi connectivity index (χ1n) is 6.60. The lowest BCUT2D eigenvalue weighted by Gasteiger charge is -2.17. The van der Waals surface area contributed by atoms with Crippen LogP contribution in [0.4, 0.5) is 14.5 Å². The number of aryl methyl sites for hydroxylation is 1. The number of benzene rings is 1. The minimum atomic E-state index is -0.730. The van der Waals surface area contributed by atoms with E-state index < -0.39 is 17.5 Å². The highest BCUT2D eigenvalue weighted by atomic mass is 19.1. The van der Waals surface area contributed by atoms with Gasteiger partial charge in [-0.3, -0.25) is 15.2 Å². The first kappa shape index (κ1) is 15.8. The maximum Gasteiger partial charge on any atom is 0.272 e. The van der Waals surface area contributed by atoms with E-state index in [9.17, 15) is 13.6 Å². The Morgan fingerprint density at radius 1 is 1.23 bits per heavy atom. The lowest BCUT2D eigenvalue weighted by Crippen LogP contribution is -2.34. The first-order chi connectivity index (χ1) is 10.4.